The van der Waals surface area contributed by atoms with Crippen LogP contribution in [0.3, 0.4) is 0 Å². The Kier molecular flexibility index (Phi) is 6.26. The Labute approximate surface area is 170 Å². The zero-order valence-electron chi connectivity index (χ0n) is 16.5. The number of methoxy groups -OCH3 is 1. The maximum Gasteiger partial charge on any atom is 0.340 e. The van der Waals surface area contributed by atoms with Gasteiger partial charge < -0.3 is 9.64 Å². The van der Waals surface area contributed by atoms with E-state index in [0.717, 1.165) is 41.0 Å². The average Bonchev–Trinajstić information content (AvgIpc) is 3.35. The maximum absolute atomic E-state index is 13.1. The maximum atomic E-state index is 13.1. The molecule has 0 fully saturated rings. The van der Waals surface area contributed by atoms with Gasteiger partial charge in [0.2, 0.25) is 5.91 Å². The van der Waals surface area contributed by atoms with E-state index in [2.05, 4.69) is 0 Å². The van der Waals surface area contributed by atoms with E-state index < -0.39 is 16.0 Å². The van der Waals surface area contributed by atoms with Crippen molar-refractivity contribution < 1.29 is 22.7 Å². The zero-order chi connectivity index (χ0) is 20.5. The van der Waals surface area contributed by atoms with Crippen molar-refractivity contribution in [3.63, 3.8) is 0 Å². The summed E-state index contributed by atoms with van der Waals surface area (Å²) in [5, 5.41) is 0. The molecule has 3 rings (SSSR count). The van der Waals surface area contributed by atoms with Crippen molar-refractivity contribution in [1.29, 1.82) is 0 Å². The molecule has 1 aliphatic heterocycles. The van der Waals surface area contributed by atoms with Gasteiger partial charge in [-0.25, -0.2) is 13.2 Å². The second-order valence-electron chi connectivity index (χ2n) is 6.85. The minimum Gasteiger partial charge on any atom is -0.465 e. The van der Waals surface area contributed by atoms with Crippen molar-refractivity contribution in [1.82, 2.24) is 9.21 Å². The first-order valence-corrected chi connectivity index (χ1v) is 11.8. The lowest BCUT2D eigenvalue weighted by Gasteiger charge is -2.27. The van der Waals surface area contributed by atoms with Gasteiger partial charge in [0.05, 0.1) is 19.2 Å². The zero-order valence-corrected chi connectivity index (χ0v) is 18.1. The highest BCUT2D eigenvalue weighted by Gasteiger charge is 2.37. The fraction of sp³-hybridized carbons (Fsp3) is 0.579. The van der Waals surface area contributed by atoms with Crippen molar-refractivity contribution in [2.24, 2.45) is 0 Å². The molecular weight excluding hydrogens is 400 g/mol. The van der Waals surface area contributed by atoms with Crippen LogP contribution in [0, 0.1) is 0 Å². The highest BCUT2D eigenvalue weighted by atomic mass is 32.2. The van der Waals surface area contributed by atoms with Gasteiger partial charge in [-0.15, -0.1) is 11.3 Å². The van der Waals surface area contributed by atoms with E-state index >= 15 is 0 Å². The SMILES string of the molecule is CCN(CC)S(=O)(=O)c1sc2c(c1C(=O)OC)CCN(C(=O)C1=CCCC1)C2. The summed E-state index contributed by atoms with van der Waals surface area (Å²) in [6, 6.07) is 0. The first-order valence-electron chi connectivity index (χ1n) is 9.56. The molecule has 0 saturated carbocycles. The summed E-state index contributed by atoms with van der Waals surface area (Å²) >= 11 is 1.09. The molecule has 1 aromatic rings. The summed E-state index contributed by atoms with van der Waals surface area (Å²) in [6.45, 7) is 4.97. The van der Waals surface area contributed by atoms with Crippen LogP contribution in [0.1, 0.15) is 53.9 Å². The number of carbonyl (C=O) groups is 2. The first kappa shape index (κ1) is 21.0. The minimum absolute atomic E-state index is 0.0179. The quantitative estimate of drug-likeness (QED) is 0.653. The lowest BCUT2D eigenvalue weighted by atomic mass is 10.0. The fourth-order valence-electron chi connectivity index (χ4n) is 3.79. The topological polar surface area (TPSA) is 84.0 Å². The molecular formula is C19H26N2O5S2. The van der Waals surface area contributed by atoms with E-state index in [-0.39, 0.29) is 15.7 Å². The Morgan fingerprint density at radius 2 is 1.96 bits per heavy atom. The second kappa shape index (κ2) is 8.34. The number of allylic oxidation sites excluding steroid dienone is 1. The van der Waals surface area contributed by atoms with Gasteiger partial charge >= 0.3 is 5.97 Å². The van der Waals surface area contributed by atoms with Crippen molar-refractivity contribution in [2.75, 3.05) is 26.7 Å². The van der Waals surface area contributed by atoms with Crippen LogP contribution in [0.4, 0.5) is 0 Å². The Bertz CT molecular complexity index is 913. The number of amides is 1. The van der Waals surface area contributed by atoms with E-state index in [4.69, 9.17) is 4.74 Å². The van der Waals surface area contributed by atoms with Crippen molar-refractivity contribution in [3.05, 3.63) is 27.7 Å². The summed E-state index contributed by atoms with van der Waals surface area (Å²) in [7, 11) is -2.54. The molecule has 0 aromatic carbocycles. The molecule has 9 heteroatoms. The van der Waals surface area contributed by atoms with Crippen LogP contribution in [-0.4, -0.2) is 56.2 Å². The summed E-state index contributed by atoms with van der Waals surface area (Å²) in [5.41, 5.74) is 1.68. The third-order valence-electron chi connectivity index (χ3n) is 5.30. The highest BCUT2D eigenvalue weighted by Crippen LogP contribution is 2.38. The number of fused-ring (bicyclic) bond motifs is 1. The lowest BCUT2D eigenvalue weighted by molar-refractivity contribution is -0.128. The van der Waals surface area contributed by atoms with Gasteiger partial charge in [-0.05, 0) is 31.2 Å². The summed E-state index contributed by atoms with van der Waals surface area (Å²) in [6.07, 6.45) is 5.16. The van der Waals surface area contributed by atoms with Crippen LogP contribution in [-0.2, 0) is 32.5 Å². The molecule has 1 aromatic heterocycles. The van der Waals surface area contributed by atoms with Gasteiger partial charge in [-0.2, -0.15) is 4.31 Å². The Morgan fingerprint density at radius 3 is 2.54 bits per heavy atom. The Hall–Kier alpha value is -1.71. The van der Waals surface area contributed by atoms with E-state index in [1.165, 1.54) is 11.4 Å². The molecule has 0 atom stereocenters. The van der Waals surface area contributed by atoms with Crippen LogP contribution in [0.2, 0.25) is 0 Å². The van der Waals surface area contributed by atoms with Crippen LogP contribution < -0.4 is 0 Å². The summed E-state index contributed by atoms with van der Waals surface area (Å²) < 4.78 is 32.5. The van der Waals surface area contributed by atoms with Crippen molar-refractivity contribution in [2.45, 2.75) is 50.3 Å². The molecule has 0 saturated heterocycles. The average molecular weight is 427 g/mol. The second-order valence-corrected chi connectivity index (χ2v) is 10.1. The number of hydrogen-bond donors (Lipinski definition) is 0. The number of esters is 1. The van der Waals surface area contributed by atoms with Crippen molar-refractivity contribution >= 4 is 33.2 Å². The smallest absolute Gasteiger partial charge is 0.340 e. The molecule has 28 heavy (non-hydrogen) atoms. The molecule has 0 radical (unpaired) electrons. The highest BCUT2D eigenvalue weighted by molar-refractivity contribution is 7.91. The van der Waals surface area contributed by atoms with Crippen LogP contribution >= 0.6 is 11.3 Å². The van der Waals surface area contributed by atoms with Crippen molar-refractivity contribution in [3.8, 4) is 0 Å². The third-order valence-corrected chi connectivity index (χ3v) is 9.06. The van der Waals surface area contributed by atoms with Crippen LogP contribution in [0.15, 0.2) is 15.9 Å². The van der Waals surface area contributed by atoms with Crippen LogP contribution in [0.25, 0.3) is 0 Å². The third kappa shape index (κ3) is 3.62. The molecule has 2 heterocycles. The normalized spacial score (nSPS) is 16.9. The summed E-state index contributed by atoms with van der Waals surface area (Å²) in [5.74, 6) is -0.620. The minimum atomic E-state index is -3.80. The van der Waals surface area contributed by atoms with Gasteiger partial charge in [0.15, 0.2) is 0 Å². The number of thiophene rings is 1. The Morgan fingerprint density at radius 1 is 1.25 bits per heavy atom. The molecule has 2 aliphatic rings. The molecule has 1 amide bonds. The van der Waals surface area contributed by atoms with Gasteiger partial charge in [0.25, 0.3) is 10.0 Å². The van der Waals surface area contributed by atoms with E-state index in [1.54, 1.807) is 18.7 Å². The number of ether oxygens (including phenoxy) is 1. The van der Waals surface area contributed by atoms with Gasteiger partial charge in [0, 0.05) is 30.1 Å². The number of rotatable bonds is 6. The molecule has 0 N–H and O–H groups in total. The predicted molar refractivity (Wildman–Crippen MR) is 107 cm³/mol. The van der Waals surface area contributed by atoms with E-state index in [9.17, 15) is 18.0 Å². The molecule has 0 bridgehead atoms. The first-order chi connectivity index (χ1) is 13.3. The standard InChI is InChI=1S/C19H26N2O5S2/c1-4-21(5-2)28(24,25)19-16(18(23)26-3)14-10-11-20(12-15(14)27-19)17(22)13-8-6-7-9-13/h8H,4-7,9-12H2,1-3H3. The number of nitrogens with zero attached hydrogens (tertiary/aromatic N) is 2. The van der Waals surface area contributed by atoms with Gasteiger partial charge in [-0.1, -0.05) is 19.9 Å². The summed E-state index contributed by atoms with van der Waals surface area (Å²) in [4.78, 5) is 27.7. The molecule has 7 nitrogen and oxygen atoms in total. The van der Waals surface area contributed by atoms with Crippen LogP contribution in [0.5, 0.6) is 0 Å². The molecule has 0 spiro atoms. The number of hydrogen-bond acceptors (Lipinski definition) is 6. The van der Waals surface area contributed by atoms with E-state index in [1.807, 2.05) is 6.08 Å². The largest absolute Gasteiger partial charge is 0.465 e. The Balaban J connectivity index is 2.01. The molecule has 0 unspecified atom stereocenters. The molecule has 154 valence electrons. The lowest BCUT2D eigenvalue weighted by Crippen LogP contribution is -2.36. The molecule has 1 aliphatic carbocycles. The predicted octanol–water partition coefficient (Wildman–Crippen LogP) is 2.56. The van der Waals surface area contributed by atoms with Gasteiger partial charge in [0.1, 0.15) is 4.21 Å². The van der Waals surface area contributed by atoms with E-state index in [0.29, 0.717) is 38.2 Å². The fourth-order valence-corrected chi connectivity index (χ4v) is 7.29. The van der Waals surface area contributed by atoms with Gasteiger partial charge in [-0.3, -0.25) is 4.79 Å². The number of carbonyl (C=O) groups excluding carboxylic acids is 2. The number of sulfonamides is 1. The monoisotopic (exact) mass is 426 g/mol.